The lowest BCUT2D eigenvalue weighted by Crippen LogP contribution is -2.49. The van der Waals surface area contributed by atoms with Crippen molar-refractivity contribution < 1.29 is 27.8 Å². The van der Waals surface area contributed by atoms with E-state index in [0.717, 1.165) is 22.3 Å². The topological polar surface area (TPSA) is 49.8 Å². The van der Waals surface area contributed by atoms with Crippen LogP contribution >= 0.6 is 0 Å². The smallest absolute Gasteiger partial charge is 0.409 e. The third-order valence-corrected chi connectivity index (χ3v) is 5.98. The Bertz CT molecular complexity index is 853. The molecule has 1 saturated heterocycles. The van der Waals surface area contributed by atoms with Crippen molar-refractivity contribution in [3.63, 3.8) is 0 Å². The highest BCUT2D eigenvalue weighted by Gasteiger charge is 2.47. The number of piperidine rings is 1. The number of halogens is 3. The van der Waals surface area contributed by atoms with Crippen molar-refractivity contribution >= 4 is 6.09 Å². The molecule has 1 fully saturated rings. The predicted octanol–water partition coefficient (Wildman–Crippen LogP) is 4.43. The van der Waals surface area contributed by atoms with Gasteiger partial charge in [-0.2, -0.15) is 13.2 Å². The molecule has 1 aliphatic heterocycles. The maximum absolute atomic E-state index is 13.1. The summed E-state index contributed by atoms with van der Waals surface area (Å²) in [5.74, 6) is -2.72. The lowest BCUT2D eigenvalue weighted by molar-refractivity contribution is -0.203. The number of hydrogen-bond donors (Lipinski definition) is 1. The highest BCUT2D eigenvalue weighted by molar-refractivity contribution is 5.79. The lowest BCUT2D eigenvalue weighted by Gasteiger charge is -2.38. The molecule has 7 heteroatoms. The molecule has 1 amide bonds. The molecule has 4 rings (SSSR count). The standard InChI is InChI=1S/C22H22F3NO3/c23-22(24,25)20-9-10-26(11-14(20)12-27)21(28)29-13-19-17-7-3-1-5-15(17)16-6-2-4-8-18(16)19/h1-8,14,19-20,27H,9-13H2. The van der Waals surface area contributed by atoms with Crippen LogP contribution in [0.5, 0.6) is 0 Å². The number of carbonyl (C=O) groups excluding carboxylic acids is 1. The third kappa shape index (κ3) is 3.71. The summed E-state index contributed by atoms with van der Waals surface area (Å²) in [7, 11) is 0. The highest BCUT2D eigenvalue weighted by Crippen LogP contribution is 2.44. The minimum atomic E-state index is -4.37. The number of carbonyl (C=O) groups is 1. The Morgan fingerprint density at radius 1 is 1.07 bits per heavy atom. The zero-order valence-electron chi connectivity index (χ0n) is 15.7. The van der Waals surface area contributed by atoms with Crippen molar-refractivity contribution in [2.24, 2.45) is 11.8 Å². The summed E-state index contributed by atoms with van der Waals surface area (Å²) in [6.45, 7) is -0.679. The van der Waals surface area contributed by atoms with Crippen LogP contribution in [0.2, 0.25) is 0 Å². The molecular weight excluding hydrogens is 383 g/mol. The maximum Gasteiger partial charge on any atom is 0.409 e. The summed E-state index contributed by atoms with van der Waals surface area (Å²) in [4.78, 5) is 13.8. The Labute approximate surface area is 166 Å². The number of hydrogen-bond acceptors (Lipinski definition) is 3. The number of aliphatic hydroxyl groups excluding tert-OH is 1. The van der Waals surface area contributed by atoms with Gasteiger partial charge in [-0.1, -0.05) is 48.5 Å². The van der Waals surface area contributed by atoms with Crippen LogP contribution in [0.25, 0.3) is 11.1 Å². The van der Waals surface area contributed by atoms with Crippen LogP contribution in [-0.4, -0.2) is 48.6 Å². The SMILES string of the molecule is O=C(OCC1c2ccccc2-c2ccccc21)N1CCC(C(F)(F)F)C(CO)C1. The van der Waals surface area contributed by atoms with E-state index in [2.05, 4.69) is 0 Å². The number of aliphatic hydroxyl groups is 1. The van der Waals surface area contributed by atoms with Crippen molar-refractivity contribution in [3.8, 4) is 11.1 Å². The summed E-state index contributed by atoms with van der Waals surface area (Å²) in [5, 5.41) is 9.37. The maximum atomic E-state index is 13.1. The summed E-state index contributed by atoms with van der Waals surface area (Å²) in [6.07, 6.45) is -5.23. The van der Waals surface area contributed by atoms with Gasteiger partial charge in [0.25, 0.3) is 0 Å². The zero-order chi connectivity index (χ0) is 20.6. The molecule has 0 saturated carbocycles. The Hall–Kier alpha value is -2.54. The first-order valence-corrected chi connectivity index (χ1v) is 9.67. The van der Waals surface area contributed by atoms with Crippen LogP contribution in [0.15, 0.2) is 48.5 Å². The fraction of sp³-hybridized carbons (Fsp3) is 0.409. The molecule has 0 radical (unpaired) electrons. The molecule has 154 valence electrons. The van der Waals surface area contributed by atoms with E-state index in [4.69, 9.17) is 4.74 Å². The highest BCUT2D eigenvalue weighted by atomic mass is 19.4. The first kappa shape index (κ1) is 19.8. The van der Waals surface area contributed by atoms with Crippen LogP contribution in [0.3, 0.4) is 0 Å². The summed E-state index contributed by atoms with van der Waals surface area (Å²) in [6, 6.07) is 15.9. The van der Waals surface area contributed by atoms with Crippen LogP contribution in [-0.2, 0) is 4.74 Å². The normalized spacial score (nSPS) is 21.6. The number of ether oxygens (including phenoxy) is 1. The number of amides is 1. The van der Waals surface area contributed by atoms with E-state index in [9.17, 15) is 23.1 Å². The molecule has 0 spiro atoms. The van der Waals surface area contributed by atoms with Gasteiger partial charge in [-0.05, 0) is 28.7 Å². The monoisotopic (exact) mass is 405 g/mol. The second kappa shape index (κ2) is 7.71. The van der Waals surface area contributed by atoms with Gasteiger partial charge < -0.3 is 14.7 Å². The van der Waals surface area contributed by atoms with Gasteiger partial charge in [0.05, 0.1) is 5.92 Å². The number of alkyl halides is 3. The molecule has 1 N–H and O–H groups in total. The van der Waals surface area contributed by atoms with Crippen LogP contribution in [0.1, 0.15) is 23.5 Å². The van der Waals surface area contributed by atoms with E-state index in [1.165, 1.54) is 4.90 Å². The number of likely N-dealkylation sites (tertiary alicyclic amines) is 1. The summed E-state index contributed by atoms with van der Waals surface area (Å²) < 4.78 is 44.8. The van der Waals surface area contributed by atoms with Crippen LogP contribution < -0.4 is 0 Å². The Morgan fingerprint density at radius 3 is 2.21 bits per heavy atom. The zero-order valence-corrected chi connectivity index (χ0v) is 15.7. The number of fused-ring (bicyclic) bond motifs is 3. The molecule has 1 heterocycles. The molecule has 2 aromatic rings. The quantitative estimate of drug-likeness (QED) is 0.822. The average Bonchev–Trinajstić information content (AvgIpc) is 3.04. The van der Waals surface area contributed by atoms with E-state index in [0.29, 0.717) is 0 Å². The first-order valence-electron chi connectivity index (χ1n) is 9.67. The largest absolute Gasteiger partial charge is 0.448 e. The molecule has 0 aromatic heterocycles. The minimum Gasteiger partial charge on any atom is -0.448 e. The van der Waals surface area contributed by atoms with E-state index >= 15 is 0 Å². The van der Waals surface area contributed by atoms with Gasteiger partial charge >= 0.3 is 12.3 Å². The number of rotatable bonds is 3. The Balaban J connectivity index is 1.44. The molecule has 2 unspecified atom stereocenters. The second-order valence-electron chi connectivity index (χ2n) is 7.63. The van der Waals surface area contributed by atoms with Crippen molar-refractivity contribution in [2.75, 3.05) is 26.3 Å². The third-order valence-electron chi connectivity index (χ3n) is 5.98. The summed E-state index contributed by atoms with van der Waals surface area (Å²) in [5.41, 5.74) is 4.36. The molecule has 2 aliphatic rings. The van der Waals surface area contributed by atoms with Crippen molar-refractivity contribution in [2.45, 2.75) is 18.5 Å². The second-order valence-corrected chi connectivity index (χ2v) is 7.63. The average molecular weight is 405 g/mol. The van der Waals surface area contributed by atoms with Gasteiger partial charge in [0.2, 0.25) is 0 Å². The van der Waals surface area contributed by atoms with Gasteiger partial charge in [-0.25, -0.2) is 4.79 Å². The predicted molar refractivity (Wildman–Crippen MR) is 101 cm³/mol. The van der Waals surface area contributed by atoms with Crippen molar-refractivity contribution in [1.29, 1.82) is 0 Å². The molecule has 2 aromatic carbocycles. The van der Waals surface area contributed by atoms with E-state index < -0.39 is 30.7 Å². The molecule has 29 heavy (non-hydrogen) atoms. The van der Waals surface area contributed by atoms with Crippen molar-refractivity contribution in [1.82, 2.24) is 4.90 Å². The molecule has 2 atom stereocenters. The minimum absolute atomic E-state index is 0.0304. The molecule has 0 bridgehead atoms. The van der Waals surface area contributed by atoms with E-state index in [1.807, 2.05) is 48.5 Å². The van der Waals surface area contributed by atoms with Gasteiger partial charge in [0.15, 0.2) is 0 Å². The molecule has 1 aliphatic carbocycles. The summed E-state index contributed by atoms with van der Waals surface area (Å²) >= 11 is 0. The van der Waals surface area contributed by atoms with Gasteiger partial charge in [0, 0.05) is 31.5 Å². The fourth-order valence-corrected chi connectivity index (χ4v) is 4.50. The van der Waals surface area contributed by atoms with E-state index in [-0.39, 0.29) is 32.0 Å². The molecule has 4 nitrogen and oxygen atoms in total. The van der Waals surface area contributed by atoms with Gasteiger partial charge in [-0.3, -0.25) is 0 Å². The van der Waals surface area contributed by atoms with Gasteiger partial charge in [0.1, 0.15) is 6.61 Å². The number of nitrogens with zero attached hydrogens (tertiary/aromatic N) is 1. The van der Waals surface area contributed by atoms with Crippen LogP contribution in [0, 0.1) is 11.8 Å². The Morgan fingerprint density at radius 2 is 1.66 bits per heavy atom. The first-order chi connectivity index (χ1) is 13.9. The lowest BCUT2D eigenvalue weighted by atomic mass is 9.85. The number of benzene rings is 2. The van der Waals surface area contributed by atoms with E-state index in [1.54, 1.807) is 0 Å². The fourth-order valence-electron chi connectivity index (χ4n) is 4.50. The molecular formula is C22H22F3NO3. The Kier molecular flexibility index (Phi) is 5.25. The van der Waals surface area contributed by atoms with Gasteiger partial charge in [-0.15, -0.1) is 0 Å². The van der Waals surface area contributed by atoms with Crippen molar-refractivity contribution in [3.05, 3.63) is 59.7 Å². The van der Waals surface area contributed by atoms with Crippen LogP contribution in [0.4, 0.5) is 18.0 Å².